The molecule has 0 aliphatic carbocycles. The first kappa shape index (κ1) is 14.1. The van der Waals surface area contributed by atoms with E-state index in [1.165, 1.54) is 0 Å². The maximum absolute atomic E-state index is 11.5. The second-order valence-electron chi connectivity index (χ2n) is 4.64. The normalized spacial score (nSPS) is 13.4. The highest BCUT2D eigenvalue weighted by molar-refractivity contribution is 6.04. The second-order valence-corrected chi connectivity index (χ2v) is 4.64. The maximum atomic E-state index is 11.5. The maximum Gasteiger partial charge on any atom is 0.329 e. The van der Waals surface area contributed by atoms with Crippen molar-refractivity contribution in [2.24, 2.45) is 5.73 Å². The minimum absolute atomic E-state index is 0.256. The van der Waals surface area contributed by atoms with E-state index in [2.05, 4.69) is 0 Å². The lowest BCUT2D eigenvalue weighted by atomic mass is 10.1. The summed E-state index contributed by atoms with van der Waals surface area (Å²) in [6, 6.07) is -0.907. The van der Waals surface area contributed by atoms with Gasteiger partial charge in [0.05, 0.1) is 0 Å². The van der Waals surface area contributed by atoms with Gasteiger partial charge in [0.1, 0.15) is 11.6 Å². The van der Waals surface area contributed by atoms with Crippen LogP contribution in [0, 0.1) is 5.41 Å². The van der Waals surface area contributed by atoms with Crippen molar-refractivity contribution < 1.29 is 9.53 Å². The molecule has 0 aromatic rings. The van der Waals surface area contributed by atoms with Crippen LogP contribution in [0.25, 0.3) is 0 Å². The third kappa shape index (κ3) is 6.23. The molecule has 0 saturated carbocycles. The van der Waals surface area contributed by atoms with Crippen LogP contribution in [0.4, 0.5) is 0 Å². The van der Waals surface area contributed by atoms with E-state index in [0.717, 1.165) is 12.8 Å². The Bertz CT molecular complexity index is 231. The minimum atomic E-state index is -0.907. The van der Waals surface area contributed by atoms with Gasteiger partial charge in [-0.1, -0.05) is 13.3 Å². The summed E-state index contributed by atoms with van der Waals surface area (Å²) in [7, 11) is 0. The van der Waals surface area contributed by atoms with Gasteiger partial charge in [0, 0.05) is 5.71 Å². The molecule has 88 valence electrons. The molecular weight excluding hydrogens is 192 g/mol. The molecule has 0 aliphatic rings. The Morgan fingerprint density at radius 3 is 2.40 bits per heavy atom. The molecule has 0 saturated heterocycles. The molecule has 0 rings (SSSR count). The third-order valence-electron chi connectivity index (χ3n) is 1.84. The third-order valence-corrected chi connectivity index (χ3v) is 1.84. The van der Waals surface area contributed by atoms with Crippen molar-refractivity contribution in [1.29, 1.82) is 5.41 Å². The van der Waals surface area contributed by atoms with Gasteiger partial charge in [0.15, 0.2) is 0 Å². The van der Waals surface area contributed by atoms with Crippen molar-refractivity contribution in [2.45, 2.75) is 58.6 Å². The fourth-order valence-corrected chi connectivity index (χ4v) is 1.03. The first-order valence-corrected chi connectivity index (χ1v) is 5.33. The Kier molecular flexibility index (Phi) is 5.50. The monoisotopic (exact) mass is 214 g/mol. The fourth-order valence-electron chi connectivity index (χ4n) is 1.03. The van der Waals surface area contributed by atoms with Crippen molar-refractivity contribution in [3.63, 3.8) is 0 Å². The van der Waals surface area contributed by atoms with E-state index >= 15 is 0 Å². The molecule has 15 heavy (non-hydrogen) atoms. The second kappa shape index (κ2) is 5.85. The fraction of sp³-hybridized carbons (Fsp3) is 0.818. The van der Waals surface area contributed by atoms with Crippen LogP contribution in [0.5, 0.6) is 0 Å². The van der Waals surface area contributed by atoms with E-state index in [-0.39, 0.29) is 5.71 Å². The molecule has 0 aromatic carbocycles. The Labute approximate surface area is 91.7 Å². The minimum Gasteiger partial charge on any atom is -0.459 e. The molecule has 0 aliphatic heterocycles. The zero-order valence-electron chi connectivity index (χ0n) is 10.1. The molecule has 4 heteroatoms. The number of hydrogen-bond donors (Lipinski definition) is 2. The number of esters is 1. The van der Waals surface area contributed by atoms with Gasteiger partial charge in [-0.05, 0) is 33.6 Å². The topological polar surface area (TPSA) is 76.2 Å². The summed E-state index contributed by atoms with van der Waals surface area (Å²) >= 11 is 0. The SMILES string of the molecule is CCCCC(=N)C(N)C(=O)OC(C)(C)C. The Morgan fingerprint density at radius 2 is 2.00 bits per heavy atom. The molecular formula is C11H22N2O2. The van der Waals surface area contributed by atoms with Crippen LogP contribution in [0.3, 0.4) is 0 Å². The van der Waals surface area contributed by atoms with Gasteiger partial charge in [-0.25, -0.2) is 4.79 Å². The molecule has 0 bridgehead atoms. The summed E-state index contributed by atoms with van der Waals surface area (Å²) in [6.07, 6.45) is 2.44. The number of rotatable bonds is 5. The van der Waals surface area contributed by atoms with Gasteiger partial charge in [-0.2, -0.15) is 0 Å². The van der Waals surface area contributed by atoms with Crippen molar-refractivity contribution >= 4 is 11.7 Å². The zero-order valence-corrected chi connectivity index (χ0v) is 10.1. The number of ether oxygens (including phenoxy) is 1. The summed E-state index contributed by atoms with van der Waals surface area (Å²) in [5.74, 6) is -0.511. The number of nitrogens with one attached hydrogen (secondary N) is 1. The van der Waals surface area contributed by atoms with Crippen molar-refractivity contribution in [2.75, 3.05) is 0 Å². The Morgan fingerprint density at radius 1 is 1.47 bits per heavy atom. The van der Waals surface area contributed by atoms with Crippen LogP contribution < -0.4 is 5.73 Å². The highest BCUT2D eigenvalue weighted by Gasteiger charge is 2.24. The van der Waals surface area contributed by atoms with Crippen LogP contribution in [0.15, 0.2) is 0 Å². The first-order valence-electron chi connectivity index (χ1n) is 5.33. The molecule has 0 heterocycles. The quantitative estimate of drug-likeness (QED) is 0.541. The van der Waals surface area contributed by atoms with E-state index in [0.29, 0.717) is 6.42 Å². The number of nitrogens with two attached hydrogens (primary N) is 1. The lowest BCUT2D eigenvalue weighted by molar-refractivity contribution is -0.154. The summed E-state index contributed by atoms with van der Waals surface area (Å²) in [4.78, 5) is 11.5. The smallest absolute Gasteiger partial charge is 0.329 e. The van der Waals surface area contributed by atoms with Crippen molar-refractivity contribution in [3.05, 3.63) is 0 Å². The number of unbranched alkanes of at least 4 members (excludes halogenated alkanes) is 1. The average molecular weight is 214 g/mol. The lowest BCUT2D eigenvalue weighted by Crippen LogP contribution is -2.42. The molecule has 0 aromatic heterocycles. The van der Waals surface area contributed by atoms with Gasteiger partial charge in [-0.15, -0.1) is 0 Å². The van der Waals surface area contributed by atoms with E-state index in [9.17, 15) is 4.79 Å². The summed E-state index contributed by atoms with van der Waals surface area (Å²) < 4.78 is 5.10. The predicted molar refractivity (Wildman–Crippen MR) is 61.1 cm³/mol. The van der Waals surface area contributed by atoms with Crippen molar-refractivity contribution in [1.82, 2.24) is 0 Å². The van der Waals surface area contributed by atoms with Crippen LogP contribution >= 0.6 is 0 Å². The van der Waals surface area contributed by atoms with Crippen LogP contribution in [0.1, 0.15) is 47.0 Å². The number of hydrogen-bond acceptors (Lipinski definition) is 4. The van der Waals surface area contributed by atoms with E-state index < -0.39 is 17.6 Å². The van der Waals surface area contributed by atoms with Gasteiger partial charge >= 0.3 is 5.97 Å². The van der Waals surface area contributed by atoms with Crippen LogP contribution in [-0.2, 0) is 9.53 Å². The Hall–Kier alpha value is -0.900. The first-order chi connectivity index (χ1) is 6.78. The molecule has 1 atom stereocenters. The molecule has 1 unspecified atom stereocenters. The van der Waals surface area contributed by atoms with E-state index in [1.807, 2.05) is 6.92 Å². The summed E-state index contributed by atoms with van der Waals surface area (Å²) in [6.45, 7) is 7.39. The van der Waals surface area contributed by atoms with Crippen LogP contribution in [0.2, 0.25) is 0 Å². The lowest BCUT2D eigenvalue weighted by Gasteiger charge is -2.22. The van der Waals surface area contributed by atoms with Gasteiger partial charge in [0.2, 0.25) is 0 Å². The highest BCUT2D eigenvalue weighted by atomic mass is 16.6. The summed E-state index contributed by atoms with van der Waals surface area (Å²) in [5, 5.41) is 7.61. The number of carbonyl (C=O) groups is 1. The largest absolute Gasteiger partial charge is 0.459 e. The zero-order chi connectivity index (χ0) is 12.1. The van der Waals surface area contributed by atoms with Crippen LogP contribution in [-0.4, -0.2) is 23.3 Å². The molecule has 3 N–H and O–H groups in total. The Balaban J connectivity index is 4.14. The highest BCUT2D eigenvalue weighted by Crippen LogP contribution is 2.09. The van der Waals surface area contributed by atoms with Gasteiger partial charge in [-0.3, -0.25) is 0 Å². The van der Waals surface area contributed by atoms with Gasteiger partial charge < -0.3 is 15.9 Å². The average Bonchev–Trinajstić information content (AvgIpc) is 2.10. The molecule has 4 nitrogen and oxygen atoms in total. The van der Waals surface area contributed by atoms with Crippen molar-refractivity contribution in [3.8, 4) is 0 Å². The van der Waals surface area contributed by atoms with E-state index in [4.69, 9.17) is 15.9 Å². The molecule has 0 spiro atoms. The summed E-state index contributed by atoms with van der Waals surface area (Å²) in [5.41, 5.74) is 5.32. The molecule has 0 fully saturated rings. The molecule has 0 amide bonds. The van der Waals surface area contributed by atoms with E-state index in [1.54, 1.807) is 20.8 Å². The standard InChI is InChI=1S/C11H22N2O2/c1-5-6-7-8(12)9(13)10(14)15-11(2,3)4/h9,12H,5-7,13H2,1-4H3. The molecule has 0 radical (unpaired) electrons. The van der Waals surface area contributed by atoms with Gasteiger partial charge in [0.25, 0.3) is 0 Å². The predicted octanol–water partition coefficient (Wildman–Crippen LogP) is 1.87. The number of carbonyl (C=O) groups excluding carboxylic acids is 1.